The van der Waals surface area contributed by atoms with E-state index in [0.717, 1.165) is 18.2 Å². The molecule has 0 unspecified atom stereocenters. The van der Waals surface area contributed by atoms with Crippen LogP contribution in [0, 0.1) is 10.8 Å². The molecule has 1 N–H and O–H groups in total. The standard InChI is InChI=1S/C27H30OS2/c1-25(2)14-27(15-26(25,3)4)20-9-7-6-8-17(20)24-19-10-16(13-29)23(30-5)11-18(19)22(28)12-21(24)27/h6-12,28-29H,13-15H2,1-5H3. The van der Waals surface area contributed by atoms with Gasteiger partial charge >= 0.3 is 0 Å². The smallest absolute Gasteiger partial charge is 0.123 e. The van der Waals surface area contributed by atoms with E-state index in [0.29, 0.717) is 11.5 Å². The Morgan fingerprint density at radius 1 is 0.933 bits per heavy atom. The van der Waals surface area contributed by atoms with Crippen molar-refractivity contribution in [1.29, 1.82) is 0 Å². The lowest BCUT2D eigenvalue weighted by Crippen LogP contribution is -2.25. The van der Waals surface area contributed by atoms with E-state index in [1.54, 1.807) is 11.8 Å². The Balaban J connectivity index is 1.91. The van der Waals surface area contributed by atoms with Gasteiger partial charge in [-0.25, -0.2) is 0 Å². The fourth-order valence-electron chi connectivity index (χ4n) is 6.15. The van der Waals surface area contributed by atoms with Gasteiger partial charge in [0.2, 0.25) is 0 Å². The van der Waals surface area contributed by atoms with Crippen LogP contribution in [0.15, 0.2) is 47.4 Å². The molecule has 0 aliphatic heterocycles. The fraction of sp³-hybridized carbons (Fsp3) is 0.407. The largest absolute Gasteiger partial charge is 0.507 e. The summed E-state index contributed by atoms with van der Waals surface area (Å²) in [7, 11) is 0. The minimum absolute atomic E-state index is 0.0378. The Morgan fingerprint density at radius 2 is 1.60 bits per heavy atom. The zero-order chi connectivity index (χ0) is 21.5. The van der Waals surface area contributed by atoms with Gasteiger partial charge in [0.25, 0.3) is 0 Å². The molecule has 1 spiro atoms. The van der Waals surface area contributed by atoms with E-state index in [2.05, 4.69) is 89.0 Å². The molecule has 3 aromatic carbocycles. The van der Waals surface area contributed by atoms with Gasteiger partial charge in [-0.1, -0.05) is 52.0 Å². The number of benzene rings is 3. The molecule has 0 atom stereocenters. The summed E-state index contributed by atoms with van der Waals surface area (Å²) in [6, 6.07) is 15.4. The highest BCUT2D eigenvalue weighted by Gasteiger charge is 2.58. The lowest BCUT2D eigenvalue weighted by molar-refractivity contribution is 0.157. The number of aromatic hydroxyl groups is 1. The number of thiol groups is 1. The third kappa shape index (κ3) is 2.51. The molecule has 0 bridgehead atoms. The van der Waals surface area contributed by atoms with E-state index in [9.17, 15) is 5.11 Å². The van der Waals surface area contributed by atoms with Gasteiger partial charge in [0.15, 0.2) is 0 Å². The molecule has 2 aliphatic rings. The zero-order valence-electron chi connectivity index (χ0n) is 18.5. The van der Waals surface area contributed by atoms with E-state index < -0.39 is 0 Å². The number of hydrogen-bond acceptors (Lipinski definition) is 3. The van der Waals surface area contributed by atoms with Gasteiger partial charge in [0, 0.05) is 21.4 Å². The maximum Gasteiger partial charge on any atom is 0.123 e. The van der Waals surface area contributed by atoms with Crippen LogP contribution in [0.3, 0.4) is 0 Å². The maximum atomic E-state index is 11.2. The van der Waals surface area contributed by atoms with Crippen LogP contribution in [0.2, 0.25) is 0 Å². The summed E-state index contributed by atoms with van der Waals surface area (Å²) in [5.41, 5.74) is 7.04. The molecule has 1 fully saturated rings. The first-order chi connectivity index (χ1) is 14.1. The Bertz CT molecular complexity index is 1170. The average molecular weight is 435 g/mol. The summed E-state index contributed by atoms with van der Waals surface area (Å²) < 4.78 is 0. The third-order valence-electron chi connectivity index (χ3n) is 8.23. The van der Waals surface area contributed by atoms with Crippen molar-refractivity contribution in [3.63, 3.8) is 0 Å². The fourth-order valence-corrected chi connectivity index (χ4v) is 7.15. The molecule has 1 saturated carbocycles. The van der Waals surface area contributed by atoms with Gasteiger partial charge in [0.1, 0.15) is 5.75 Å². The van der Waals surface area contributed by atoms with Crippen molar-refractivity contribution in [2.24, 2.45) is 10.8 Å². The highest BCUT2D eigenvalue weighted by molar-refractivity contribution is 7.98. The van der Waals surface area contributed by atoms with Gasteiger partial charge in [-0.15, -0.1) is 11.8 Å². The Hall–Kier alpha value is -1.58. The maximum absolute atomic E-state index is 11.2. The number of phenols is 1. The molecule has 0 radical (unpaired) electrons. The van der Waals surface area contributed by atoms with Crippen molar-refractivity contribution in [1.82, 2.24) is 0 Å². The van der Waals surface area contributed by atoms with Crippen molar-refractivity contribution < 1.29 is 5.11 Å². The van der Waals surface area contributed by atoms with Crippen LogP contribution in [0.1, 0.15) is 57.2 Å². The Kier molecular flexibility index (Phi) is 4.38. The summed E-state index contributed by atoms with van der Waals surface area (Å²) in [5, 5.41) is 13.3. The number of fused-ring (bicyclic) bond motifs is 7. The summed E-state index contributed by atoms with van der Waals surface area (Å²) in [4.78, 5) is 1.19. The quantitative estimate of drug-likeness (QED) is 0.317. The summed E-state index contributed by atoms with van der Waals surface area (Å²) >= 11 is 6.32. The minimum Gasteiger partial charge on any atom is -0.507 e. The molecule has 3 heteroatoms. The first-order valence-corrected chi connectivity index (χ1v) is 12.6. The Labute approximate surface area is 189 Å². The summed E-state index contributed by atoms with van der Waals surface area (Å²) in [6.07, 6.45) is 4.29. The number of hydrogen-bond donors (Lipinski definition) is 2. The molecule has 2 aliphatic carbocycles. The van der Waals surface area contributed by atoms with Gasteiger partial charge in [-0.05, 0) is 81.3 Å². The minimum atomic E-state index is -0.0378. The first kappa shape index (κ1) is 20.3. The van der Waals surface area contributed by atoms with Gasteiger partial charge in [-0.2, -0.15) is 12.6 Å². The van der Waals surface area contributed by atoms with Crippen molar-refractivity contribution in [2.45, 2.75) is 56.6 Å². The van der Waals surface area contributed by atoms with Gasteiger partial charge in [-0.3, -0.25) is 0 Å². The van der Waals surface area contributed by atoms with Gasteiger partial charge in [0.05, 0.1) is 0 Å². The van der Waals surface area contributed by atoms with E-state index in [-0.39, 0.29) is 16.2 Å². The van der Waals surface area contributed by atoms with E-state index in [1.807, 2.05) is 0 Å². The zero-order valence-corrected chi connectivity index (χ0v) is 20.2. The van der Waals surface area contributed by atoms with Crippen LogP contribution < -0.4 is 0 Å². The molecule has 3 aromatic rings. The second-order valence-electron chi connectivity index (χ2n) is 10.4. The predicted octanol–water partition coefficient (Wildman–Crippen LogP) is 7.81. The topological polar surface area (TPSA) is 20.2 Å². The van der Waals surface area contributed by atoms with Crippen LogP contribution in [0.25, 0.3) is 21.9 Å². The molecule has 0 heterocycles. The van der Waals surface area contributed by atoms with Crippen LogP contribution in [-0.2, 0) is 11.2 Å². The average Bonchev–Trinajstić information content (AvgIpc) is 3.07. The summed E-state index contributed by atoms with van der Waals surface area (Å²) in [5.74, 6) is 1.10. The number of rotatable bonds is 2. The van der Waals surface area contributed by atoms with Crippen LogP contribution in [-0.4, -0.2) is 11.4 Å². The van der Waals surface area contributed by atoms with E-state index >= 15 is 0 Å². The Morgan fingerprint density at radius 3 is 2.23 bits per heavy atom. The van der Waals surface area contributed by atoms with Gasteiger partial charge < -0.3 is 5.11 Å². The lowest BCUT2D eigenvalue weighted by Gasteiger charge is -2.34. The molecular weight excluding hydrogens is 404 g/mol. The monoisotopic (exact) mass is 434 g/mol. The molecule has 0 amide bonds. The molecule has 156 valence electrons. The normalized spacial score (nSPS) is 19.9. The van der Waals surface area contributed by atoms with E-state index in [4.69, 9.17) is 0 Å². The lowest BCUT2D eigenvalue weighted by atomic mass is 9.71. The predicted molar refractivity (Wildman–Crippen MR) is 133 cm³/mol. The molecule has 30 heavy (non-hydrogen) atoms. The van der Waals surface area contributed by atoms with E-state index in [1.165, 1.54) is 38.1 Å². The molecule has 0 saturated heterocycles. The number of thioether (sulfide) groups is 1. The van der Waals surface area contributed by atoms with Crippen molar-refractivity contribution in [2.75, 3.05) is 6.26 Å². The van der Waals surface area contributed by atoms with Crippen molar-refractivity contribution in [3.05, 3.63) is 59.2 Å². The van der Waals surface area contributed by atoms with Crippen LogP contribution >= 0.6 is 24.4 Å². The van der Waals surface area contributed by atoms with Crippen LogP contribution in [0.5, 0.6) is 5.75 Å². The molecule has 1 nitrogen and oxygen atoms in total. The highest BCUT2D eigenvalue weighted by atomic mass is 32.2. The van der Waals surface area contributed by atoms with Crippen molar-refractivity contribution in [3.8, 4) is 16.9 Å². The second kappa shape index (κ2) is 6.46. The van der Waals surface area contributed by atoms with Crippen LogP contribution in [0.4, 0.5) is 0 Å². The molecular formula is C27H30OS2. The van der Waals surface area contributed by atoms with Crippen molar-refractivity contribution >= 4 is 35.2 Å². The highest BCUT2D eigenvalue weighted by Crippen LogP contribution is 2.68. The molecule has 5 rings (SSSR count). The SMILES string of the molecule is CSc1cc2c(O)cc3c(c2cc1CS)-c1ccccc1C31CC(C)(C)C(C)(C)C1. The second-order valence-corrected chi connectivity index (χ2v) is 11.6. The third-order valence-corrected chi connectivity index (χ3v) is 9.39. The first-order valence-electron chi connectivity index (χ1n) is 10.7. The molecule has 0 aromatic heterocycles. The number of phenolic OH excluding ortho intramolecular Hbond substituents is 1. The summed E-state index contributed by atoms with van der Waals surface area (Å²) in [6.45, 7) is 9.64.